The molecule has 0 unspecified atom stereocenters. The van der Waals surface area contributed by atoms with Crippen molar-refractivity contribution in [3.8, 4) is 5.75 Å². The molecule has 0 heterocycles. The standard InChI is InChI=1S/C16H17NO2/c1-13(17-18)15-8-5-9-16(12-15)19-11-10-14-6-3-2-4-7-14/h2-9,12,18H,10-11H2,1H3/b17-13+. The summed E-state index contributed by atoms with van der Waals surface area (Å²) in [7, 11) is 0. The second kappa shape index (κ2) is 6.59. The molecule has 3 heteroatoms. The third-order valence-corrected chi connectivity index (χ3v) is 2.90. The molecule has 0 bridgehead atoms. The summed E-state index contributed by atoms with van der Waals surface area (Å²) in [6, 6.07) is 17.8. The van der Waals surface area contributed by atoms with Crippen LogP contribution >= 0.6 is 0 Å². The van der Waals surface area contributed by atoms with Gasteiger partial charge in [-0.25, -0.2) is 0 Å². The molecule has 0 aliphatic rings. The maximum atomic E-state index is 8.75. The van der Waals surface area contributed by atoms with Crippen molar-refractivity contribution in [2.24, 2.45) is 5.16 Å². The summed E-state index contributed by atoms with van der Waals surface area (Å²) < 4.78 is 5.71. The van der Waals surface area contributed by atoms with Gasteiger partial charge in [0.15, 0.2) is 0 Å². The maximum Gasteiger partial charge on any atom is 0.119 e. The number of nitrogens with zero attached hydrogens (tertiary/aromatic N) is 1. The highest BCUT2D eigenvalue weighted by molar-refractivity contribution is 5.98. The van der Waals surface area contributed by atoms with Gasteiger partial charge in [-0.15, -0.1) is 0 Å². The zero-order chi connectivity index (χ0) is 13.5. The van der Waals surface area contributed by atoms with Gasteiger partial charge >= 0.3 is 0 Å². The highest BCUT2D eigenvalue weighted by Gasteiger charge is 2.00. The summed E-state index contributed by atoms with van der Waals surface area (Å²) in [5.41, 5.74) is 2.69. The molecule has 2 aromatic carbocycles. The van der Waals surface area contributed by atoms with Crippen LogP contribution in [0.25, 0.3) is 0 Å². The molecular weight excluding hydrogens is 238 g/mol. The fraction of sp³-hybridized carbons (Fsp3) is 0.188. The molecule has 2 aromatic rings. The summed E-state index contributed by atoms with van der Waals surface area (Å²) in [5.74, 6) is 0.788. The molecule has 98 valence electrons. The summed E-state index contributed by atoms with van der Waals surface area (Å²) in [6.07, 6.45) is 0.873. The van der Waals surface area contributed by atoms with Crippen molar-refractivity contribution >= 4 is 5.71 Å². The zero-order valence-corrected chi connectivity index (χ0v) is 10.9. The summed E-state index contributed by atoms with van der Waals surface area (Å²) >= 11 is 0. The molecule has 0 aromatic heterocycles. The molecule has 0 atom stereocenters. The Labute approximate surface area is 113 Å². The lowest BCUT2D eigenvalue weighted by Crippen LogP contribution is -2.02. The molecule has 1 N–H and O–H groups in total. The van der Waals surface area contributed by atoms with Crippen molar-refractivity contribution in [1.29, 1.82) is 0 Å². The van der Waals surface area contributed by atoms with Gasteiger partial charge in [-0.05, 0) is 24.6 Å². The van der Waals surface area contributed by atoms with E-state index in [1.54, 1.807) is 6.92 Å². The smallest absolute Gasteiger partial charge is 0.119 e. The van der Waals surface area contributed by atoms with Crippen LogP contribution in [0, 0.1) is 0 Å². The lowest BCUT2D eigenvalue weighted by Gasteiger charge is -2.07. The van der Waals surface area contributed by atoms with Gasteiger partial charge < -0.3 is 9.94 Å². The van der Waals surface area contributed by atoms with Crippen LogP contribution < -0.4 is 4.74 Å². The molecule has 19 heavy (non-hydrogen) atoms. The molecule has 0 fully saturated rings. The third kappa shape index (κ3) is 3.85. The first kappa shape index (κ1) is 13.1. The van der Waals surface area contributed by atoms with Crippen LogP contribution in [-0.4, -0.2) is 17.5 Å². The quantitative estimate of drug-likeness (QED) is 0.504. The van der Waals surface area contributed by atoms with Crippen molar-refractivity contribution in [3.05, 3.63) is 65.7 Å². The number of hydrogen-bond acceptors (Lipinski definition) is 3. The number of benzene rings is 2. The van der Waals surface area contributed by atoms with E-state index in [-0.39, 0.29) is 0 Å². The first-order valence-electron chi connectivity index (χ1n) is 6.25. The number of ether oxygens (including phenoxy) is 1. The molecule has 0 amide bonds. The van der Waals surface area contributed by atoms with Crippen molar-refractivity contribution in [2.45, 2.75) is 13.3 Å². The van der Waals surface area contributed by atoms with Gasteiger partial charge in [-0.1, -0.05) is 47.6 Å². The minimum absolute atomic E-state index is 0.577. The molecule has 0 saturated carbocycles. The Morgan fingerprint density at radius 1 is 1.11 bits per heavy atom. The van der Waals surface area contributed by atoms with E-state index in [9.17, 15) is 0 Å². The average Bonchev–Trinajstić information content (AvgIpc) is 2.48. The minimum atomic E-state index is 0.577. The number of rotatable bonds is 5. The Morgan fingerprint density at radius 2 is 1.89 bits per heavy atom. The Hall–Kier alpha value is -2.29. The fourth-order valence-electron chi connectivity index (χ4n) is 1.80. The van der Waals surface area contributed by atoms with E-state index < -0.39 is 0 Å². The van der Waals surface area contributed by atoms with Crippen LogP contribution in [0.2, 0.25) is 0 Å². The topological polar surface area (TPSA) is 41.8 Å². The molecule has 0 aliphatic carbocycles. The molecule has 3 nitrogen and oxygen atoms in total. The van der Waals surface area contributed by atoms with E-state index >= 15 is 0 Å². The summed E-state index contributed by atoms with van der Waals surface area (Å²) in [5, 5.41) is 11.9. The van der Waals surface area contributed by atoms with Crippen LogP contribution in [0.3, 0.4) is 0 Å². The van der Waals surface area contributed by atoms with E-state index in [0.717, 1.165) is 17.7 Å². The SMILES string of the molecule is C/C(=N\O)c1cccc(OCCc2ccccc2)c1. The van der Waals surface area contributed by atoms with Gasteiger partial charge in [-0.2, -0.15) is 0 Å². The first-order chi connectivity index (χ1) is 9.29. The fourth-order valence-corrected chi connectivity index (χ4v) is 1.80. The monoisotopic (exact) mass is 255 g/mol. The van der Waals surface area contributed by atoms with Crippen molar-refractivity contribution in [3.63, 3.8) is 0 Å². The highest BCUT2D eigenvalue weighted by atomic mass is 16.5. The van der Waals surface area contributed by atoms with Crippen LogP contribution in [0.4, 0.5) is 0 Å². The highest BCUT2D eigenvalue weighted by Crippen LogP contribution is 2.14. The van der Waals surface area contributed by atoms with Crippen LogP contribution in [0.5, 0.6) is 5.75 Å². The Bertz CT molecular complexity index is 550. The van der Waals surface area contributed by atoms with E-state index in [1.165, 1.54) is 5.56 Å². The van der Waals surface area contributed by atoms with E-state index in [1.807, 2.05) is 42.5 Å². The second-order valence-corrected chi connectivity index (χ2v) is 4.30. The Morgan fingerprint density at radius 3 is 2.63 bits per heavy atom. The van der Waals surface area contributed by atoms with E-state index in [2.05, 4.69) is 17.3 Å². The van der Waals surface area contributed by atoms with Gasteiger partial charge in [0, 0.05) is 12.0 Å². The Kier molecular flexibility index (Phi) is 4.56. The van der Waals surface area contributed by atoms with Crippen molar-refractivity contribution in [2.75, 3.05) is 6.61 Å². The van der Waals surface area contributed by atoms with E-state index in [0.29, 0.717) is 12.3 Å². The predicted octanol–water partition coefficient (Wildman–Crippen LogP) is 3.51. The van der Waals surface area contributed by atoms with Crippen LogP contribution in [0.1, 0.15) is 18.1 Å². The number of hydrogen-bond donors (Lipinski definition) is 1. The predicted molar refractivity (Wildman–Crippen MR) is 76.1 cm³/mol. The Balaban J connectivity index is 1.93. The molecule has 0 aliphatic heterocycles. The molecule has 0 radical (unpaired) electrons. The number of oxime groups is 1. The first-order valence-corrected chi connectivity index (χ1v) is 6.25. The van der Waals surface area contributed by atoms with Gasteiger partial charge in [-0.3, -0.25) is 0 Å². The van der Waals surface area contributed by atoms with Gasteiger partial charge in [0.1, 0.15) is 5.75 Å². The lowest BCUT2D eigenvalue weighted by molar-refractivity contribution is 0.318. The normalized spacial score (nSPS) is 11.3. The van der Waals surface area contributed by atoms with Gasteiger partial charge in [0.25, 0.3) is 0 Å². The lowest BCUT2D eigenvalue weighted by atomic mass is 10.1. The molecule has 0 spiro atoms. The van der Waals surface area contributed by atoms with Crippen molar-refractivity contribution < 1.29 is 9.94 Å². The van der Waals surface area contributed by atoms with Crippen LogP contribution in [0.15, 0.2) is 59.8 Å². The summed E-state index contributed by atoms with van der Waals surface area (Å²) in [4.78, 5) is 0. The van der Waals surface area contributed by atoms with Crippen molar-refractivity contribution in [1.82, 2.24) is 0 Å². The van der Waals surface area contributed by atoms with E-state index in [4.69, 9.17) is 9.94 Å². The van der Waals surface area contributed by atoms with Crippen LogP contribution in [-0.2, 0) is 6.42 Å². The maximum absolute atomic E-state index is 8.75. The van der Waals surface area contributed by atoms with Gasteiger partial charge in [0.05, 0.1) is 12.3 Å². The second-order valence-electron chi connectivity index (χ2n) is 4.30. The zero-order valence-electron chi connectivity index (χ0n) is 10.9. The molecule has 0 saturated heterocycles. The average molecular weight is 255 g/mol. The molecular formula is C16H17NO2. The summed E-state index contributed by atoms with van der Waals surface area (Å²) in [6.45, 7) is 2.38. The largest absolute Gasteiger partial charge is 0.493 e. The minimum Gasteiger partial charge on any atom is -0.493 e. The third-order valence-electron chi connectivity index (χ3n) is 2.90. The molecule has 2 rings (SSSR count). The van der Waals surface area contributed by atoms with Gasteiger partial charge in [0.2, 0.25) is 0 Å².